The average molecular weight is 560 g/mol. The number of benzene rings is 3. The Morgan fingerprint density at radius 3 is 1.97 bits per heavy atom. The van der Waals surface area contributed by atoms with Gasteiger partial charge in [-0.1, -0.05) is 19.1 Å². The van der Waals surface area contributed by atoms with Crippen LogP contribution in [0.15, 0.2) is 77.7 Å². The molecule has 39 heavy (non-hydrogen) atoms. The van der Waals surface area contributed by atoms with E-state index in [9.17, 15) is 26.8 Å². The molecule has 3 aromatic carbocycles. The molecule has 0 saturated carbocycles. The van der Waals surface area contributed by atoms with Crippen LogP contribution in [0.1, 0.15) is 25.8 Å². The van der Waals surface area contributed by atoms with E-state index in [2.05, 4.69) is 5.32 Å². The van der Waals surface area contributed by atoms with Crippen LogP contribution in [0.4, 0.5) is 14.5 Å². The number of anilines is 1. The van der Waals surface area contributed by atoms with Crippen LogP contribution >= 0.6 is 0 Å². The van der Waals surface area contributed by atoms with Crippen molar-refractivity contribution in [3.05, 3.63) is 90.0 Å². The quantitative estimate of drug-likeness (QED) is 0.360. The van der Waals surface area contributed by atoms with Crippen molar-refractivity contribution >= 4 is 27.5 Å². The first kappa shape index (κ1) is 29.6. The van der Waals surface area contributed by atoms with E-state index in [0.29, 0.717) is 17.9 Å². The molecule has 0 aliphatic rings. The molecule has 11 heteroatoms. The van der Waals surface area contributed by atoms with E-state index >= 15 is 0 Å². The van der Waals surface area contributed by atoms with Gasteiger partial charge in [-0.15, -0.1) is 0 Å². The third-order valence-electron chi connectivity index (χ3n) is 6.01. The van der Waals surface area contributed by atoms with Crippen LogP contribution in [-0.2, 0) is 26.2 Å². The van der Waals surface area contributed by atoms with Gasteiger partial charge in [0.15, 0.2) is 0 Å². The summed E-state index contributed by atoms with van der Waals surface area (Å²) in [6, 6.07) is 15.0. The van der Waals surface area contributed by atoms with Gasteiger partial charge in [0.25, 0.3) is 10.0 Å². The number of rotatable bonds is 12. The zero-order valence-electron chi connectivity index (χ0n) is 21.9. The van der Waals surface area contributed by atoms with Gasteiger partial charge < -0.3 is 15.0 Å². The molecule has 0 saturated heterocycles. The van der Waals surface area contributed by atoms with E-state index < -0.39 is 46.1 Å². The van der Waals surface area contributed by atoms with Crippen LogP contribution in [0, 0.1) is 11.6 Å². The Labute approximate surface area is 227 Å². The molecular formula is C28H31F2N3O5S. The summed E-state index contributed by atoms with van der Waals surface area (Å²) in [5.41, 5.74) is 0.729. The highest BCUT2D eigenvalue weighted by molar-refractivity contribution is 7.92. The van der Waals surface area contributed by atoms with Crippen LogP contribution < -0.4 is 14.4 Å². The summed E-state index contributed by atoms with van der Waals surface area (Å²) in [7, 11) is -2.89. The SMILES string of the molecule is CCOc1ccc(N(CC(=O)N(Cc2ccc(F)cc2)C(CC)C(=O)NC)S(=O)(=O)c2ccc(F)cc2)cc1. The highest BCUT2D eigenvalue weighted by Gasteiger charge is 2.33. The smallest absolute Gasteiger partial charge is 0.264 e. The maximum atomic E-state index is 13.8. The summed E-state index contributed by atoms with van der Waals surface area (Å²) in [4.78, 5) is 27.6. The molecule has 0 aliphatic carbocycles. The molecular weight excluding hydrogens is 528 g/mol. The Kier molecular flexibility index (Phi) is 10.00. The van der Waals surface area contributed by atoms with Crippen molar-refractivity contribution in [1.82, 2.24) is 10.2 Å². The minimum absolute atomic E-state index is 0.0568. The fourth-order valence-electron chi connectivity index (χ4n) is 4.01. The minimum atomic E-state index is -4.33. The average Bonchev–Trinajstić information content (AvgIpc) is 2.93. The molecule has 0 spiro atoms. The van der Waals surface area contributed by atoms with Crippen molar-refractivity contribution in [3.8, 4) is 5.75 Å². The third kappa shape index (κ3) is 7.32. The largest absolute Gasteiger partial charge is 0.494 e. The lowest BCUT2D eigenvalue weighted by Crippen LogP contribution is -2.51. The first-order valence-corrected chi connectivity index (χ1v) is 13.8. The molecule has 1 atom stereocenters. The number of hydrogen-bond donors (Lipinski definition) is 1. The molecule has 3 rings (SSSR count). The van der Waals surface area contributed by atoms with Crippen LogP contribution in [0.2, 0.25) is 0 Å². The highest BCUT2D eigenvalue weighted by atomic mass is 32.2. The lowest BCUT2D eigenvalue weighted by molar-refractivity contribution is -0.140. The Morgan fingerprint density at radius 2 is 1.46 bits per heavy atom. The molecule has 1 N–H and O–H groups in total. The second-order valence-electron chi connectivity index (χ2n) is 8.58. The Morgan fingerprint density at radius 1 is 0.897 bits per heavy atom. The van der Waals surface area contributed by atoms with E-state index in [1.807, 2.05) is 6.92 Å². The van der Waals surface area contributed by atoms with Crippen molar-refractivity contribution in [2.24, 2.45) is 0 Å². The van der Waals surface area contributed by atoms with Gasteiger partial charge in [-0.05, 0) is 79.6 Å². The molecule has 0 radical (unpaired) electrons. The van der Waals surface area contributed by atoms with Crippen molar-refractivity contribution in [2.75, 3.05) is 24.5 Å². The molecule has 208 valence electrons. The fourth-order valence-corrected chi connectivity index (χ4v) is 5.42. The minimum Gasteiger partial charge on any atom is -0.494 e. The van der Waals surface area contributed by atoms with Gasteiger partial charge in [-0.3, -0.25) is 13.9 Å². The Hall–Kier alpha value is -3.99. The van der Waals surface area contributed by atoms with Crippen LogP contribution in [0.5, 0.6) is 5.75 Å². The van der Waals surface area contributed by atoms with Gasteiger partial charge in [0.1, 0.15) is 30.0 Å². The second-order valence-corrected chi connectivity index (χ2v) is 10.4. The number of sulfonamides is 1. The summed E-state index contributed by atoms with van der Waals surface area (Å²) < 4.78 is 60.8. The molecule has 2 amide bonds. The van der Waals surface area contributed by atoms with Crippen molar-refractivity contribution < 1.29 is 31.5 Å². The van der Waals surface area contributed by atoms with Crippen LogP contribution in [0.3, 0.4) is 0 Å². The maximum Gasteiger partial charge on any atom is 0.264 e. The van der Waals surface area contributed by atoms with Crippen LogP contribution in [-0.4, -0.2) is 51.4 Å². The monoisotopic (exact) mass is 559 g/mol. The zero-order chi connectivity index (χ0) is 28.6. The lowest BCUT2D eigenvalue weighted by Gasteiger charge is -2.33. The lowest BCUT2D eigenvalue weighted by atomic mass is 10.1. The van der Waals surface area contributed by atoms with Gasteiger partial charge in [0, 0.05) is 13.6 Å². The highest BCUT2D eigenvalue weighted by Crippen LogP contribution is 2.27. The number of nitrogens with zero attached hydrogens (tertiary/aromatic N) is 2. The van der Waals surface area contributed by atoms with Crippen molar-refractivity contribution in [2.45, 2.75) is 37.8 Å². The van der Waals surface area contributed by atoms with Gasteiger partial charge in [-0.2, -0.15) is 0 Å². The van der Waals surface area contributed by atoms with Gasteiger partial charge in [-0.25, -0.2) is 17.2 Å². The first-order chi connectivity index (χ1) is 18.6. The first-order valence-electron chi connectivity index (χ1n) is 12.4. The van der Waals surface area contributed by atoms with E-state index in [4.69, 9.17) is 4.74 Å². The molecule has 0 fully saturated rings. The second kappa shape index (κ2) is 13.2. The molecule has 0 aliphatic heterocycles. The summed E-state index contributed by atoms with van der Waals surface area (Å²) in [6.07, 6.45) is 0.250. The number of nitrogens with one attached hydrogen (secondary N) is 1. The molecule has 3 aromatic rings. The number of halogens is 2. The summed E-state index contributed by atoms with van der Waals surface area (Å²) >= 11 is 0. The number of carbonyl (C=O) groups excluding carboxylic acids is 2. The molecule has 1 unspecified atom stereocenters. The molecule has 0 heterocycles. The van der Waals surface area contributed by atoms with E-state index in [-0.39, 0.29) is 23.5 Å². The van der Waals surface area contributed by atoms with E-state index in [1.165, 1.54) is 48.3 Å². The topological polar surface area (TPSA) is 96.0 Å². The summed E-state index contributed by atoms with van der Waals surface area (Å²) in [5, 5.41) is 2.54. The number of amides is 2. The number of carbonyl (C=O) groups is 2. The fraction of sp³-hybridized carbons (Fsp3) is 0.286. The predicted molar refractivity (Wildman–Crippen MR) is 144 cm³/mol. The predicted octanol–water partition coefficient (Wildman–Crippen LogP) is 4.11. The Balaban J connectivity index is 2.05. The summed E-state index contributed by atoms with van der Waals surface area (Å²) in [5.74, 6) is -1.65. The maximum absolute atomic E-state index is 13.8. The molecule has 8 nitrogen and oxygen atoms in total. The normalized spacial score (nSPS) is 11.9. The number of likely N-dealkylation sites (N-methyl/N-ethyl adjacent to an activating group) is 1. The van der Waals surface area contributed by atoms with Crippen molar-refractivity contribution in [1.29, 1.82) is 0 Å². The zero-order valence-corrected chi connectivity index (χ0v) is 22.8. The standard InChI is InChI=1S/C28H31F2N3O5S/c1-4-26(28(35)31-3)32(18-20-6-8-21(29)9-7-20)27(34)19-33(23-12-14-24(15-13-23)38-5-2)39(36,37)25-16-10-22(30)11-17-25/h6-17,26H,4-5,18-19H2,1-3H3,(H,31,35). The summed E-state index contributed by atoms with van der Waals surface area (Å²) in [6.45, 7) is 3.24. The molecule has 0 aromatic heterocycles. The van der Waals surface area contributed by atoms with E-state index in [1.54, 1.807) is 19.1 Å². The van der Waals surface area contributed by atoms with E-state index in [0.717, 1.165) is 28.6 Å². The number of hydrogen-bond acceptors (Lipinski definition) is 5. The number of ether oxygens (including phenoxy) is 1. The van der Waals surface area contributed by atoms with Gasteiger partial charge >= 0.3 is 0 Å². The van der Waals surface area contributed by atoms with Gasteiger partial charge in [0.2, 0.25) is 11.8 Å². The molecule has 0 bridgehead atoms. The van der Waals surface area contributed by atoms with Crippen molar-refractivity contribution in [3.63, 3.8) is 0 Å². The Bertz CT molecular complexity index is 1370. The van der Waals surface area contributed by atoms with Crippen LogP contribution in [0.25, 0.3) is 0 Å². The third-order valence-corrected chi connectivity index (χ3v) is 7.80. The van der Waals surface area contributed by atoms with Gasteiger partial charge in [0.05, 0.1) is 17.2 Å².